The monoisotopic (exact) mass is 714 g/mol. The van der Waals surface area contributed by atoms with E-state index in [-0.39, 0.29) is 0 Å². The minimum atomic E-state index is 0.945. The Kier molecular flexibility index (Phi) is 7.46. The number of hydrogen-bond acceptors (Lipinski definition) is 2. The molecule has 11 aromatic rings. The van der Waals surface area contributed by atoms with E-state index in [4.69, 9.17) is 9.97 Å². The van der Waals surface area contributed by atoms with Crippen LogP contribution in [0.25, 0.3) is 99.9 Å². The summed E-state index contributed by atoms with van der Waals surface area (Å²) in [5.41, 5.74) is 15.4. The summed E-state index contributed by atoms with van der Waals surface area (Å²) < 4.78 is 4.69. The summed E-state index contributed by atoms with van der Waals surface area (Å²) >= 11 is 0. The van der Waals surface area contributed by atoms with E-state index in [0.717, 1.165) is 61.5 Å². The molecule has 0 atom stereocenters. The van der Waals surface area contributed by atoms with Crippen LogP contribution in [0.3, 0.4) is 0 Å². The molecule has 56 heavy (non-hydrogen) atoms. The van der Waals surface area contributed by atoms with Crippen LogP contribution in [0.4, 0.5) is 0 Å². The molecule has 0 saturated carbocycles. The number of rotatable bonds is 6. The number of nitrogens with zero attached hydrogens (tertiary/aromatic N) is 4. The Labute approximate surface area is 324 Å². The summed E-state index contributed by atoms with van der Waals surface area (Å²) in [5.74, 6) is 0. The van der Waals surface area contributed by atoms with Crippen LogP contribution in [0.15, 0.2) is 206 Å². The maximum Gasteiger partial charge on any atom is 0.145 e. The third-order valence-electron chi connectivity index (χ3n) is 11.0. The van der Waals surface area contributed by atoms with Gasteiger partial charge in [0.25, 0.3) is 0 Å². The molecule has 4 nitrogen and oxygen atoms in total. The lowest BCUT2D eigenvalue weighted by Crippen LogP contribution is -1.96. The van der Waals surface area contributed by atoms with Crippen molar-refractivity contribution in [2.75, 3.05) is 0 Å². The first-order valence-corrected chi connectivity index (χ1v) is 19.0. The number of hydrogen-bond donors (Lipinski definition) is 0. The molecule has 0 saturated heterocycles. The molecule has 0 N–H and O–H groups in total. The average Bonchev–Trinajstić information content (AvgIpc) is 3.80. The lowest BCUT2D eigenvalue weighted by atomic mass is 9.99. The van der Waals surface area contributed by atoms with E-state index in [1.54, 1.807) is 0 Å². The Morgan fingerprint density at radius 2 is 0.929 bits per heavy atom. The smallest absolute Gasteiger partial charge is 0.145 e. The van der Waals surface area contributed by atoms with Crippen molar-refractivity contribution in [3.8, 4) is 56.1 Å². The fraction of sp³-hybridized carbons (Fsp3) is 0. The van der Waals surface area contributed by atoms with Gasteiger partial charge in [-0.1, -0.05) is 133 Å². The van der Waals surface area contributed by atoms with E-state index in [1.165, 1.54) is 38.4 Å². The molecule has 0 aliphatic heterocycles. The molecule has 0 unspecified atom stereocenters. The third kappa shape index (κ3) is 5.23. The normalized spacial score (nSPS) is 11.6. The summed E-state index contributed by atoms with van der Waals surface area (Å²) in [5, 5.41) is 4.77. The van der Waals surface area contributed by atoms with Gasteiger partial charge in [0.2, 0.25) is 0 Å². The SMILES string of the molecule is c1ccc(-c2cc(-c3ccccc3)nc(-c3ccc(-n4c5ccccc5c5cc(-c6cccc7c8cccnc8n(-c8ccccc8)c67)ccc54)cc3)c2)cc1. The first kappa shape index (κ1) is 31.9. The second-order valence-electron chi connectivity index (χ2n) is 14.2. The number of aromatic nitrogens is 4. The van der Waals surface area contributed by atoms with Crippen LogP contribution in [0.5, 0.6) is 0 Å². The molecule has 4 heterocycles. The second kappa shape index (κ2) is 13.1. The first-order chi connectivity index (χ1) is 27.8. The molecule has 11 rings (SSSR count). The van der Waals surface area contributed by atoms with E-state index >= 15 is 0 Å². The molecular formula is C52H34N4. The van der Waals surface area contributed by atoms with Crippen molar-refractivity contribution in [2.45, 2.75) is 0 Å². The highest BCUT2D eigenvalue weighted by atomic mass is 15.0. The van der Waals surface area contributed by atoms with E-state index < -0.39 is 0 Å². The van der Waals surface area contributed by atoms with Gasteiger partial charge in [0.05, 0.1) is 27.9 Å². The van der Waals surface area contributed by atoms with Crippen molar-refractivity contribution in [3.63, 3.8) is 0 Å². The van der Waals surface area contributed by atoms with E-state index in [2.05, 4.69) is 197 Å². The zero-order chi connectivity index (χ0) is 37.0. The van der Waals surface area contributed by atoms with Crippen LogP contribution < -0.4 is 0 Å². The molecule has 4 aromatic heterocycles. The quantitative estimate of drug-likeness (QED) is 0.172. The predicted octanol–water partition coefficient (Wildman–Crippen LogP) is 13.3. The fourth-order valence-corrected chi connectivity index (χ4v) is 8.39. The first-order valence-electron chi connectivity index (χ1n) is 19.0. The Balaban J connectivity index is 1.05. The van der Waals surface area contributed by atoms with E-state index in [0.29, 0.717) is 0 Å². The minimum absolute atomic E-state index is 0.945. The summed E-state index contributed by atoms with van der Waals surface area (Å²) in [7, 11) is 0. The molecule has 262 valence electrons. The Morgan fingerprint density at radius 3 is 1.70 bits per heavy atom. The highest BCUT2D eigenvalue weighted by Gasteiger charge is 2.19. The average molecular weight is 715 g/mol. The zero-order valence-corrected chi connectivity index (χ0v) is 30.4. The van der Waals surface area contributed by atoms with Gasteiger partial charge in [-0.15, -0.1) is 0 Å². The Bertz CT molecular complexity index is 3160. The molecule has 0 radical (unpaired) electrons. The summed E-state index contributed by atoms with van der Waals surface area (Å²) in [4.78, 5) is 10.1. The van der Waals surface area contributed by atoms with Crippen LogP contribution in [0.2, 0.25) is 0 Å². The summed E-state index contributed by atoms with van der Waals surface area (Å²) in [6.45, 7) is 0. The minimum Gasteiger partial charge on any atom is -0.309 e. The van der Waals surface area contributed by atoms with E-state index in [9.17, 15) is 0 Å². The van der Waals surface area contributed by atoms with Crippen LogP contribution in [0.1, 0.15) is 0 Å². The van der Waals surface area contributed by atoms with Crippen LogP contribution in [-0.2, 0) is 0 Å². The molecule has 0 spiro atoms. The molecule has 7 aromatic carbocycles. The molecule has 0 aliphatic rings. The van der Waals surface area contributed by atoms with Crippen LogP contribution in [0, 0.1) is 0 Å². The van der Waals surface area contributed by atoms with Gasteiger partial charge in [-0.3, -0.25) is 4.57 Å². The van der Waals surface area contributed by atoms with Crippen LogP contribution >= 0.6 is 0 Å². The zero-order valence-electron chi connectivity index (χ0n) is 30.4. The van der Waals surface area contributed by atoms with Crippen molar-refractivity contribution in [2.24, 2.45) is 0 Å². The molecule has 0 bridgehead atoms. The van der Waals surface area contributed by atoms with Crippen molar-refractivity contribution >= 4 is 43.7 Å². The Hall–Kier alpha value is -7.56. The standard InChI is InChI=1S/C52H34N4/c1-4-14-35(15-5-1)39-33-47(36-16-6-2-7-17-36)54-48(34-39)37-25-28-41(29-26-37)55-49-24-11-10-20-43(49)46-32-38(27-30-50(46)55)42-21-12-22-44-45-23-13-31-53-52(45)56(51(42)44)40-18-8-3-9-19-40/h1-34H. The lowest BCUT2D eigenvalue weighted by molar-refractivity contribution is 1.14. The number of fused-ring (bicyclic) bond motifs is 6. The lowest BCUT2D eigenvalue weighted by Gasteiger charge is -2.13. The highest BCUT2D eigenvalue weighted by Crippen LogP contribution is 2.40. The van der Waals surface area contributed by atoms with Gasteiger partial charge < -0.3 is 4.57 Å². The maximum atomic E-state index is 5.18. The van der Waals surface area contributed by atoms with Gasteiger partial charge in [0.1, 0.15) is 5.65 Å². The molecule has 0 aliphatic carbocycles. The topological polar surface area (TPSA) is 35.6 Å². The van der Waals surface area contributed by atoms with Gasteiger partial charge >= 0.3 is 0 Å². The second-order valence-corrected chi connectivity index (χ2v) is 14.2. The van der Waals surface area contributed by atoms with Crippen molar-refractivity contribution < 1.29 is 0 Å². The van der Waals surface area contributed by atoms with Gasteiger partial charge in [-0.2, -0.15) is 0 Å². The number of para-hydroxylation sites is 3. The summed E-state index contributed by atoms with van der Waals surface area (Å²) in [6, 6.07) is 71.2. The van der Waals surface area contributed by atoms with Crippen LogP contribution in [-0.4, -0.2) is 19.1 Å². The largest absolute Gasteiger partial charge is 0.309 e. The number of pyridine rings is 2. The molecular weight excluding hydrogens is 681 g/mol. The van der Waals surface area contributed by atoms with Crippen molar-refractivity contribution in [1.82, 2.24) is 19.1 Å². The van der Waals surface area contributed by atoms with Crippen molar-refractivity contribution in [1.29, 1.82) is 0 Å². The highest BCUT2D eigenvalue weighted by molar-refractivity contribution is 6.15. The Morgan fingerprint density at radius 1 is 0.339 bits per heavy atom. The van der Waals surface area contributed by atoms with Gasteiger partial charge in [-0.05, 0) is 83.4 Å². The molecule has 4 heteroatoms. The van der Waals surface area contributed by atoms with Gasteiger partial charge in [0.15, 0.2) is 0 Å². The predicted molar refractivity (Wildman–Crippen MR) is 232 cm³/mol. The van der Waals surface area contributed by atoms with Gasteiger partial charge in [-0.25, -0.2) is 9.97 Å². The third-order valence-corrected chi connectivity index (χ3v) is 11.0. The van der Waals surface area contributed by atoms with Crippen molar-refractivity contribution in [3.05, 3.63) is 206 Å². The number of benzene rings is 7. The molecule has 0 amide bonds. The summed E-state index contributed by atoms with van der Waals surface area (Å²) in [6.07, 6.45) is 1.88. The fourth-order valence-electron chi connectivity index (χ4n) is 8.39. The van der Waals surface area contributed by atoms with E-state index in [1.807, 2.05) is 18.3 Å². The maximum absolute atomic E-state index is 5.18. The van der Waals surface area contributed by atoms with Gasteiger partial charge in [0, 0.05) is 55.8 Å². The molecule has 0 fully saturated rings.